The first-order valence-electron chi connectivity index (χ1n) is 8.53. The molecule has 1 amide bonds. The van der Waals surface area contributed by atoms with Gasteiger partial charge in [0.25, 0.3) is 5.91 Å². The van der Waals surface area contributed by atoms with Gasteiger partial charge < -0.3 is 14.4 Å². The monoisotopic (exact) mass is 378 g/mol. The van der Waals surface area contributed by atoms with Crippen LogP contribution in [0, 0.1) is 5.82 Å². The van der Waals surface area contributed by atoms with Crippen LogP contribution in [0.15, 0.2) is 82.9 Å². The third-order valence-corrected chi connectivity index (χ3v) is 4.55. The molecule has 0 aliphatic carbocycles. The van der Waals surface area contributed by atoms with Crippen molar-refractivity contribution < 1.29 is 23.5 Å². The fraction of sp³-hybridized carbons (Fsp3) is 0.0952. The van der Waals surface area contributed by atoms with E-state index in [9.17, 15) is 19.1 Å². The van der Waals surface area contributed by atoms with Gasteiger partial charge in [-0.3, -0.25) is 14.6 Å². The van der Waals surface area contributed by atoms with Gasteiger partial charge in [0.2, 0.25) is 5.78 Å². The number of Topliss-reactive ketones (excluding diaryl/α,β-unsaturated/α-hetero) is 1. The number of nitrogens with zero attached hydrogens (tertiary/aromatic N) is 2. The van der Waals surface area contributed by atoms with Gasteiger partial charge in [-0.05, 0) is 41.5 Å². The minimum atomic E-state index is -0.883. The summed E-state index contributed by atoms with van der Waals surface area (Å²) in [5.41, 5.74) is 1.12. The summed E-state index contributed by atoms with van der Waals surface area (Å²) in [6, 6.07) is 11.1. The van der Waals surface area contributed by atoms with E-state index in [1.165, 1.54) is 41.5 Å². The van der Waals surface area contributed by atoms with Crippen LogP contribution in [-0.4, -0.2) is 26.7 Å². The first kappa shape index (κ1) is 17.7. The molecule has 0 spiro atoms. The van der Waals surface area contributed by atoms with Crippen LogP contribution in [-0.2, 0) is 11.3 Å². The number of ketones is 1. The summed E-state index contributed by atoms with van der Waals surface area (Å²) in [5.74, 6) is -2.37. The Labute approximate surface area is 159 Å². The van der Waals surface area contributed by atoms with Crippen molar-refractivity contribution >= 4 is 11.7 Å². The molecule has 1 aromatic carbocycles. The third-order valence-electron chi connectivity index (χ3n) is 4.55. The standard InChI is InChI=1S/C21H15FN2O4/c22-15-7-5-14(6-8-15)18-17(19(25)16-4-2-10-28-16)20(26)21(27)24(18)12-13-3-1-9-23-11-13/h1-11,18,26H,12H2/t18-/m0/s1. The van der Waals surface area contributed by atoms with Crippen LogP contribution < -0.4 is 0 Å². The zero-order valence-corrected chi connectivity index (χ0v) is 14.6. The number of amides is 1. The van der Waals surface area contributed by atoms with E-state index in [-0.39, 0.29) is 17.9 Å². The molecule has 1 atom stereocenters. The Morgan fingerprint density at radius 3 is 2.61 bits per heavy atom. The lowest BCUT2D eigenvalue weighted by atomic mass is 9.95. The number of aliphatic hydroxyl groups is 1. The third kappa shape index (κ3) is 3.07. The molecular weight excluding hydrogens is 363 g/mol. The molecule has 0 saturated heterocycles. The van der Waals surface area contributed by atoms with Crippen molar-refractivity contribution in [3.63, 3.8) is 0 Å². The second kappa shape index (κ2) is 7.11. The number of aliphatic hydroxyl groups excluding tert-OH is 1. The van der Waals surface area contributed by atoms with E-state index in [0.29, 0.717) is 5.56 Å². The second-order valence-corrected chi connectivity index (χ2v) is 6.32. The molecule has 0 unspecified atom stereocenters. The van der Waals surface area contributed by atoms with Crippen molar-refractivity contribution in [2.24, 2.45) is 0 Å². The summed E-state index contributed by atoms with van der Waals surface area (Å²) >= 11 is 0. The highest BCUT2D eigenvalue weighted by molar-refractivity contribution is 6.14. The van der Waals surface area contributed by atoms with E-state index in [0.717, 1.165) is 5.56 Å². The van der Waals surface area contributed by atoms with Gasteiger partial charge in [-0.25, -0.2) is 4.39 Å². The number of furan rings is 1. The molecule has 0 bridgehead atoms. The van der Waals surface area contributed by atoms with Gasteiger partial charge in [0.15, 0.2) is 11.5 Å². The molecule has 1 aliphatic heterocycles. The van der Waals surface area contributed by atoms with Crippen molar-refractivity contribution in [2.75, 3.05) is 0 Å². The first-order chi connectivity index (χ1) is 13.6. The largest absolute Gasteiger partial charge is 0.503 e. The van der Waals surface area contributed by atoms with E-state index >= 15 is 0 Å². The maximum Gasteiger partial charge on any atom is 0.290 e. The normalized spacial score (nSPS) is 16.7. The molecule has 3 heterocycles. The Morgan fingerprint density at radius 1 is 1.18 bits per heavy atom. The van der Waals surface area contributed by atoms with Gasteiger partial charge in [-0.1, -0.05) is 18.2 Å². The van der Waals surface area contributed by atoms with Crippen LogP contribution in [0.4, 0.5) is 4.39 Å². The van der Waals surface area contributed by atoms with Crippen molar-refractivity contribution in [3.8, 4) is 0 Å². The molecule has 0 saturated carbocycles. The van der Waals surface area contributed by atoms with Crippen LogP contribution in [0.1, 0.15) is 27.7 Å². The molecule has 2 aromatic heterocycles. The van der Waals surface area contributed by atoms with E-state index in [1.54, 1.807) is 30.6 Å². The summed E-state index contributed by atoms with van der Waals surface area (Å²) in [4.78, 5) is 31.1. The zero-order valence-electron chi connectivity index (χ0n) is 14.6. The summed E-state index contributed by atoms with van der Waals surface area (Å²) in [7, 11) is 0. The van der Waals surface area contributed by atoms with Gasteiger partial charge in [-0.2, -0.15) is 0 Å². The quantitative estimate of drug-likeness (QED) is 0.686. The Hall–Kier alpha value is -3.74. The predicted octanol–water partition coefficient (Wildman–Crippen LogP) is 3.59. The zero-order chi connectivity index (χ0) is 19.7. The number of hydrogen-bond donors (Lipinski definition) is 1. The fourth-order valence-electron chi connectivity index (χ4n) is 3.27. The Bertz CT molecular complexity index is 1040. The van der Waals surface area contributed by atoms with Crippen molar-refractivity contribution in [1.82, 2.24) is 9.88 Å². The van der Waals surface area contributed by atoms with E-state index < -0.39 is 29.3 Å². The van der Waals surface area contributed by atoms with Crippen molar-refractivity contribution in [2.45, 2.75) is 12.6 Å². The number of carbonyl (C=O) groups is 2. The molecular formula is C21H15FN2O4. The van der Waals surface area contributed by atoms with Crippen LogP contribution in [0.2, 0.25) is 0 Å². The lowest BCUT2D eigenvalue weighted by molar-refractivity contribution is -0.130. The van der Waals surface area contributed by atoms with Gasteiger partial charge in [0, 0.05) is 18.9 Å². The van der Waals surface area contributed by atoms with Gasteiger partial charge >= 0.3 is 0 Å². The molecule has 4 rings (SSSR count). The van der Waals surface area contributed by atoms with E-state index in [1.807, 2.05) is 0 Å². The molecule has 1 N–H and O–H groups in total. The number of pyridine rings is 1. The summed E-state index contributed by atoms with van der Waals surface area (Å²) in [6.07, 6.45) is 4.54. The van der Waals surface area contributed by atoms with Gasteiger partial charge in [-0.15, -0.1) is 0 Å². The number of rotatable bonds is 5. The molecule has 1 aliphatic rings. The average molecular weight is 378 g/mol. The minimum absolute atomic E-state index is 0.00434. The van der Waals surface area contributed by atoms with Gasteiger partial charge in [0.1, 0.15) is 5.82 Å². The van der Waals surface area contributed by atoms with Crippen LogP contribution in [0.25, 0.3) is 0 Å². The topological polar surface area (TPSA) is 83.6 Å². The molecule has 3 aromatic rings. The fourth-order valence-corrected chi connectivity index (χ4v) is 3.27. The number of hydrogen-bond acceptors (Lipinski definition) is 5. The first-order valence-corrected chi connectivity index (χ1v) is 8.53. The average Bonchev–Trinajstić information content (AvgIpc) is 3.33. The van der Waals surface area contributed by atoms with E-state index in [2.05, 4.69) is 4.98 Å². The molecule has 7 heteroatoms. The summed E-state index contributed by atoms with van der Waals surface area (Å²) < 4.78 is 18.6. The Balaban J connectivity index is 1.79. The predicted molar refractivity (Wildman–Crippen MR) is 96.6 cm³/mol. The molecule has 6 nitrogen and oxygen atoms in total. The SMILES string of the molecule is O=C(C1=C(O)C(=O)N(Cc2cccnc2)[C@H]1c1ccc(F)cc1)c1ccco1. The van der Waals surface area contributed by atoms with Crippen LogP contribution in [0.3, 0.4) is 0 Å². The van der Waals surface area contributed by atoms with Crippen LogP contribution >= 0.6 is 0 Å². The number of carbonyl (C=O) groups excluding carboxylic acids is 2. The number of aromatic nitrogens is 1. The number of halogens is 1. The molecule has 28 heavy (non-hydrogen) atoms. The highest BCUT2D eigenvalue weighted by atomic mass is 19.1. The smallest absolute Gasteiger partial charge is 0.290 e. The van der Waals surface area contributed by atoms with Crippen molar-refractivity contribution in [1.29, 1.82) is 0 Å². The minimum Gasteiger partial charge on any atom is -0.503 e. The maximum atomic E-state index is 13.4. The Morgan fingerprint density at radius 2 is 1.96 bits per heavy atom. The molecule has 140 valence electrons. The van der Waals surface area contributed by atoms with Crippen LogP contribution in [0.5, 0.6) is 0 Å². The highest BCUT2D eigenvalue weighted by Crippen LogP contribution is 2.39. The Kier molecular flexibility index (Phi) is 4.49. The molecule has 0 radical (unpaired) electrons. The second-order valence-electron chi connectivity index (χ2n) is 6.32. The highest BCUT2D eigenvalue weighted by Gasteiger charge is 2.44. The van der Waals surface area contributed by atoms with Gasteiger partial charge in [0.05, 0.1) is 17.9 Å². The summed E-state index contributed by atoms with van der Waals surface area (Å²) in [6.45, 7) is 0.119. The maximum absolute atomic E-state index is 13.4. The number of benzene rings is 1. The lowest BCUT2D eigenvalue weighted by Gasteiger charge is -2.26. The van der Waals surface area contributed by atoms with E-state index in [4.69, 9.17) is 4.42 Å². The molecule has 0 fully saturated rings. The summed E-state index contributed by atoms with van der Waals surface area (Å²) in [5, 5.41) is 10.5. The lowest BCUT2D eigenvalue weighted by Crippen LogP contribution is -2.30. The van der Waals surface area contributed by atoms with Crippen molar-refractivity contribution in [3.05, 3.63) is 101 Å².